The summed E-state index contributed by atoms with van der Waals surface area (Å²) in [6.07, 6.45) is 0. The Morgan fingerprint density at radius 1 is 0.500 bits per heavy atom. The molecule has 0 aliphatic carbocycles. The van der Waals surface area contributed by atoms with Crippen molar-refractivity contribution in [1.82, 2.24) is 0 Å². The maximum Gasteiger partial charge on any atom is 0.144 e. The summed E-state index contributed by atoms with van der Waals surface area (Å²) in [5, 5.41) is 14.6. The lowest BCUT2D eigenvalue weighted by molar-refractivity contribution is -0.00000536. The number of benzene rings is 4. The minimum Gasteiger partial charge on any atom is -1.00 e. The zero-order valence-electron chi connectivity index (χ0n) is 15.2. The van der Waals surface area contributed by atoms with Gasteiger partial charge in [-0.3, -0.25) is 0 Å². The summed E-state index contributed by atoms with van der Waals surface area (Å²) in [6.45, 7) is 0. The van der Waals surface area contributed by atoms with Crippen molar-refractivity contribution in [3.63, 3.8) is 0 Å². The molecule has 0 amide bonds. The topological polar surface area (TPSA) is 23.8 Å². The summed E-state index contributed by atoms with van der Waals surface area (Å²) in [5.41, 5.74) is 0.694. The SMILES string of the molecule is N#Cc1cccc([P+](c2ccccc2)(c2ccccc2)c2ccccc2)c1.[Br-]. The second kappa shape index (κ2) is 8.98. The van der Waals surface area contributed by atoms with Gasteiger partial charge in [0.25, 0.3) is 0 Å². The molecule has 0 spiro atoms. The highest BCUT2D eigenvalue weighted by atomic mass is 79.9. The lowest BCUT2D eigenvalue weighted by Gasteiger charge is -2.27. The third-order valence-corrected chi connectivity index (χ3v) is 9.06. The van der Waals surface area contributed by atoms with Crippen LogP contribution < -0.4 is 38.2 Å². The summed E-state index contributed by atoms with van der Waals surface area (Å²) < 4.78 is 0. The van der Waals surface area contributed by atoms with Crippen LogP contribution in [0.3, 0.4) is 0 Å². The van der Waals surface area contributed by atoms with E-state index in [1.165, 1.54) is 21.2 Å². The van der Waals surface area contributed by atoms with Crippen molar-refractivity contribution in [2.45, 2.75) is 0 Å². The van der Waals surface area contributed by atoms with Crippen LogP contribution in [0.25, 0.3) is 0 Å². The van der Waals surface area contributed by atoms with Crippen molar-refractivity contribution in [3.05, 3.63) is 121 Å². The summed E-state index contributed by atoms with van der Waals surface area (Å²) in [6, 6.07) is 42.5. The number of nitriles is 1. The Morgan fingerprint density at radius 3 is 1.29 bits per heavy atom. The fourth-order valence-electron chi connectivity index (χ4n) is 3.63. The Balaban J connectivity index is 0.00000225. The molecule has 4 aromatic rings. The van der Waals surface area contributed by atoms with Gasteiger partial charge in [-0.2, -0.15) is 5.26 Å². The Labute approximate surface area is 177 Å². The van der Waals surface area contributed by atoms with Crippen molar-refractivity contribution >= 4 is 28.5 Å². The molecule has 0 saturated carbocycles. The van der Waals surface area contributed by atoms with Gasteiger partial charge in [-0.05, 0) is 54.6 Å². The van der Waals surface area contributed by atoms with Crippen molar-refractivity contribution in [1.29, 1.82) is 5.26 Å². The van der Waals surface area contributed by atoms with Crippen LogP contribution in [0.15, 0.2) is 115 Å². The molecule has 0 N–H and O–H groups in total. The van der Waals surface area contributed by atoms with Gasteiger partial charge in [-0.15, -0.1) is 0 Å². The zero-order valence-corrected chi connectivity index (χ0v) is 17.7. The first-order valence-corrected chi connectivity index (χ1v) is 10.7. The summed E-state index contributed by atoms with van der Waals surface area (Å²) in [7, 11) is -2.10. The lowest BCUT2D eigenvalue weighted by Crippen LogP contribution is -3.00. The number of rotatable bonds is 4. The molecule has 0 aliphatic heterocycles. The molecule has 0 atom stereocenters. The van der Waals surface area contributed by atoms with Crippen LogP contribution in [0.4, 0.5) is 0 Å². The first-order valence-electron chi connectivity index (χ1n) is 8.92. The molecule has 0 saturated heterocycles. The summed E-state index contributed by atoms with van der Waals surface area (Å²) in [5.74, 6) is 0. The maximum absolute atomic E-state index is 9.50. The van der Waals surface area contributed by atoms with E-state index in [4.69, 9.17) is 0 Å². The van der Waals surface area contributed by atoms with E-state index in [0.717, 1.165) is 0 Å². The Kier molecular flexibility index (Phi) is 6.42. The number of nitrogens with zero attached hydrogens (tertiary/aromatic N) is 1. The van der Waals surface area contributed by atoms with Gasteiger partial charge in [-0.1, -0.05) is 60.7 Å². The van der Waals surface area contributed by atoms with Crippen molar-refractivity contribution in [2.24, 2.45) is 0 Å². The molecule has 0 unspecified atom stereocenters. The molecule has 0 bridgehead atoms. The minimum atomic E-state index is -2.10. The Morgan fingerprint density at radius 2 is 0.893 bits per heavy atom. The van der Waals surface area contributed by atoms with Crippen LogP contribution in [0.1, 0.15) is 5.56 Å². The first-order chi connectivity index (χ1) is 13.4. The van der Waals surface area contributed by atoms with E-state index in [1.807, 2.05) is 12.1 Å². The van der Waals surface area contributed by atoms with E-state index < -0.39 is 7.26 Å². The van der Waals surface area contributed by atoms with Crippen molar-refractivity contribution in [2.75, 3.05) is 0 Å². The van der Waals surface area contributed by atoms with Crippen LogP contribution in [0.5, 0.6) is 0 Å². The molecule has 136 valence electrons. The third kappa shape index (κ3) is 3.52. The van der Waals surface area contributed by atoms with Gasteiger partial charge in [0, 0.05) is 0 Å². The van der Waals surface area contributed by atoms with Gasteiger partial charge in [0.05, 0.1) is 11.6 Å². The van der Waals surface area contributed by atoms with Gasteiger partial charge in [0.1, 0.15) is 28.5 Å². The molecule has 28 heavy (non-hydrogen) atoms. The van der Waals surface area contributed by atoms with Crippen LogP contribution in [0, 0.1) is 11.3 Å². The van der Waals surface area contributed by atoms with E-state index in [0.29, 0.717) is 5.56 Å². The predicted molar refractivity (Wildman–Crippen MR) is 116 cm³/mol. The maximum atomic E-state index is 9.50. The lowest BCUT2D eigenvalue weighted by atomic mass is 10.2. The normalized spacial score (nSPS) is 10.5. The Bertz CT molecular complexity index is 977. The highest BCUT2D eigenvalue weighted by Crippen LogP contribution is 2.54. The smallest absolute Gasteiger partial charge is 0.144 e. The molecule has 1 nitrogen and oxygen atoms in total. The van der Waals surface area contributed by atoms with E-state index in [1.54, 1.807) is 0 Å². The van der Waals surface area contributed by atoms with Gasteiger partial charge in [0.15, 0.2) is 0 Å². The van der Waals surface area contributed by atoms with E-state index in [9.17, 15) is 5.26 Å². The average molecular weight is 444 g/mol. The molecule has 0 radical (unpaired) electrons. The van der Waals surface area contributed by atoms with Crippen LogP contribution in [-0.4, -0.2) is 0 Å². The molecule has 0 aliphatic rings. The van der Waals surface area contributed by atoms with E-state index in [2.05, 4.69) is 109 Å². The molecule has 3 heteroatoms. The van der Waals surface area contributed by atoms with E-state index >= 15 is 0 Å². The van der Waals surface area contributed by atoms with Crippen LogP contribution >= 0.6 is 7.26 Å². The van der Waals surface area contributed by atoms with Gasteiger partial charge in [-0.25, -0.2) is 0 Å². The van der Waals surface area contributed by atoms with Crippen LogP contribution in [-0.2, 0) is 0 Å². The van der Waals surface area contributed by atoms with Crippen molar-refractivity contribution in [3.8, 4) is 6.07 Å². The van der Waals surface area contributed by atoms with Gasteiger partial charge >= 0.3 is 0 Å². The molecule has 0 aromatic heterocycles. The fourth-order valence-corrected chi connectivity index (χ4v) is 7.92. The highest BCUT2D eigenvalue weighted by molar-refractivity contribution is 8.01. The molecular weight excluding hydrogens is 425 g/mol. The molecule has 4 aromatic carbocycles. The summed E-state index contributed by atoms with van der Waals surface area (Å²) in [4.78, 5) is 0. The third-order valence-electron chi connectivity index (χ3n) is 4.79. The van der Waals surface area contributed by atoms with Gasteiger partial charge in [0.2, 0.25) is 0 Å². The van der Waals surface area contributed by atoms with E-state index in [-0.39, 0.29) is 17.0 Å². The number of hydrogen-bond donors (Lipinski definition) is 0. The highest BCUT2D eigenvalue weighted by Gasteiger charge is 2.47. The number of halogens is 1. The largest absolute Gasteiger partial charge is 1.00 e. The molecular formula is C25H19BrNP. The second-order valence-corrected chi connectivity index (χ2v) is 9.75. The minimum absolute atomic E-state index is 0. The number of hydrogen-bond acceptors (Lipinski definition) is 1. The second-order valence-electron chi connectivity index (χ2n) is 6.34. The average Bonchev–Trinajstić information content (AvgIpc) is 2.77. The van der Waals surface area contributed by atoms with Gasteiger partial charge < -0.3 is 17.0 Å². The first kappa shape index (κ1) is 20.0. The molecule has 0 fully saturated rings. The Hall–Kier alpha value is -2.72. The van der Waals surface area contributed by atoms with Crippen LogP contribution in [0.2, 0.25) is 0 Å². The molecule has 4 rings (SSSR count). The standard InChI is InChI=1S/C25H19NP.BrH/c26-20-21-11-10-18-25(19-21)27(22-12-4-1-5-13-22,23-14-6-2-7-15-23)24-16-8-3-9-17-24;/h1-19H;1H/q+1;/p-1. The quantitative estimate of drug-likeness (QED) is 0.434. The molecule has 0 heterocycles. The fraction of sp³-hybridized carbons (Fsp3) is 0. The monoisotopic (exact) mass is 443 g/mol. The zero-order chi connectivity index (χ0) is 18.5. The predicted octanol–water partition coefficient (Wildman–Crippen LogP) is 1.18. The van der Waals surface area contributed by atoms with Crippen molar-refractivity contribution < 1.29 is 17.0 Å². The summed E-state index contributed by atoms with van der Waals surface area (Å²) >= 11 is 0.